The summed E-state index contributed by atoms with van der Waals surface area (Å²) in [7, 11) is 2.10. The van der Waals surface area contributed by atoms with Crippen LogP contribution in [0.15, 0.2) is 48.8 Å². The first-order valence-corrected chi connectivity index (χ1v) is 9.57. The molecule has 1 saturated heterocycles. The normalized spacial score (nSPS) is 17.4. The summed E-state index contributed by atoms with van der Waals surface area (Å²) in [6.45, 7) is 1.83. The summed E-state index contributed by atoms with van der Waals surface area (Å²) in [5.41, 5.74) is 9.98. The van der Waals surface area contributed by atoms with Crippen LogP contribution >= 0.6 is 0 Å². The molecule has 4 N–H and O–H groups in total. The molecule has 6 heteroatoms. The second kappa shape index (κ2) is 6.29. The van der Waals surface area contributed by atoms with Crippen LogP contribution in [0.1, 0.15) is 18.4 Å². The number of piperidine rings is 1. The summed E-state index contributed by atoms with van der Waals surface area (Å²) in [6.07, 6.45) is 5.14. The Labute approximate surface area is 163 Å². The fourth-order valence-corrected chi connectivity index (χ4v) is 4.10. The van der Waals surface area contributed by atoms with E-state index in [0.29, 0.717) is 5.82 Å². The second-order valence-corrected chi connectivity index (χ2v) is 7.81. The minimum absolute atomic E-state index is 0.495. The summed E-state index contributed by atoms with van der Waals surface area (Å²) in [5.74, 6) is 0.495. The molecule has 0 bridgehead atoms. The van der Waals surface area contributed by atoms with Gasteiger partial charge in [-0.25, -0.2) is 9.97 Å². The van der Waals surface area contributed by atoms with Crippen molar-refractivity contribution < 1.29 is 5.11 Å². The average Bonchev–Trinajstić information content (AvgIpc) is 3.07. The van der Waals surface area contributed by atoms with Gasteiger partial charge in [-0.1, -0.05) is 24.3 Å². The quantitative estimate of drug-likeness (QED) is 0.502. The van der Waals surface area contributed by atoms with Gasteiger partial charge < -0.3 is 20.7 Å². The fourth-order valence-electron chi connectivity index (χ4n) is 4.10. The average molecular weight is 373 g/mol. The van der Waals surface area contributed by atoms with Gasteiger partial charge in [0.05, 0.1) is 17.3 Å². The van der Waals surface area contributed by atoms with E-state index >= 15 is 0 Å². The molecule has 4 heterocycles. The predicted molar refractivity (Wildman–Crippen MR) is 112 cm³/mol. The third-order valence-electron chi connectivity index (χ3n) is 5.93. The van der Waals surface area contributed by atoms with Gasteiger partial charge in [-0.05, 0) is 43.1 Å². The van der Waals surface area contributed by atoms with Gasteiger partial charge in [0.15, 0.2) is 0 Å². The highest BCUT2D eigenvalue weighted by Gasteiger charge is 2.32. The number of likely N-dealkylation sites (tertiary alicyclic amines) is 1. The maximum Gasteiger partial charge on any atom is 0.138 e. The Morgan fingerprint density at radius 2 is 1.75 bits per heavy atom. The van der Waals surface area contributed by atoms with Crippen LogP contribution in [0.3, 0.4) is 0 Å². The molecule has 0 saturated carbocycles. The third-order valence-corrected chi connectivity index (χ3v) is 5.93. The van der Waals surface area contributed by atoms with Gasteiger partial charge >= 0.3 is 0 Å². The molecule has 1 aliphatic rings. The van der Waals surface area contributed by atoms with E-state index in [-0.39, 0.29) is 0 Å². The van der Waals surface area contributed by atoms with E-state index < -0.39 is 5.60 Å². The Morgan fingerprint density at radius 1 is 1.00 bits per heavy atom. The zero-order valence-electron chi connectivity index (χ0n) is 15.8. The van der Waals surface area contributed by atoms with Crippen molar-refractivity contribution in [2.45, 2.75) is 18.4 Å². The SMILES string of the molecule is CN1CCC(O)(c2ccc(-c3cnc4[nH]c5cnc(N)cc5c4c3)cc2)CC1. The number of aliphatic hydroxyl groups is 1. The lowest BCUT2D eigenvalue weighted by Crippen LogP contribution is -2.40. The molecule has 0 radical (unpaired) electrons. The number of H-pyrrole nitrogens is 1. The minimum atomic E-state index is -0.728. The highest BCUT2D eigenvalue weighted by atomic mass is 16.3. The number of fused-ring (bicyclic) bond motifs is 3. The fraction of sp³-hybridized carbons (Fsp3) is 0.273. The van der Waals surface area contributed by atoms with Gasteiger partial charge in [0.1, 0.15) is 11.5 Å². The Bertz CT molecular complexity index is 1160. The Kier molecular flexibility index (Phi) is 3.86. The van der Waals surface area contributed by atoms with Crippen LogP contribution in [-0.4, -0.2) is 45.1 Å². The lowest BCUT2D eigenvalue weighted by molar-refractivity contribution is -0.0203. The van der Waals surface area contributed by atoms with Crippen molar-refractivity contribution in [2.24, 2.45) is 0 Å². The zero-order valence-corrected chi connectivity index (χ0v) is 15.8. The standard InChI is InChI=1S/C22H23N5O/c1-27-8-6-22(28,7-9-27)16-4-2-14(3-5-16)15-10-18-17-11-20(23)24-13-19(17)26-21(18)25-12-15/h2-5,10-13,28H,6-9H2,1H3,(H2,23,24)(H,25,26). The number of nitrogens with two attached hydrogens (primary N) is 1. The smallest absolute Gasteiger partial charge is 0.138 e. The predicted octanol–water partition coefficient (Wildman–Crippen LogP) is 3.27. The molecule has 28 heavy (non-hydrogen) atoms. The maximum atomic E-state index is 11.0. The molecular formula is C22H23N5O. The van der Waals surface area contributed by atoms with Crippen LogP contribution in [-0.2, 0) is 5.60 Å². The Balaban J connectivity index is 1.51. The number of nitrogens with zero attached hydrogens (tertiary/aromatic N) is 3. The molecule has 5 rings (SSSR count). The number of nitrogens with one attached hydrogen (secondary N) is 1. The number of pyridine rings is 2. The molecule has 0 aliphatic carbocycles. The molecule has 0 amide bonds. The Hall–Kier alpha value is -2.96. The van der Waals surface area contributed by atoms with Crippen molar-refractivity contribution in [1.82, 2.24) is 19.9 Å². The molecule has 142 valence electrons. The van der Waals surface area contributed by atoms with E-state index in [0.717, 1.165) is 64.6 Å². The van der Waals surface area contributed by atoms with Crippen molar-refractivity contribution in [3.8, 4) is 11.1 Å². The largest absolute Gasteiger partial charge is 0.385 e. The van der Waals surface area contributed by atoms with Crippen LogP contribution in [0.2, 0.25) is 0 Å². The van der Waals surface area contributed by atoms with Crippen molar-refractivity contribution in [3.05, 3.63) is 54.4 Å². The van der Waals surface area contributed by atoms with Gasteiger partial charge in [0, 0.05) is 35.6 Å². The summed E-state index contributed by atoms with van der Waals surface area (Å²) < 4.78 is 0. The number of anilines is 1. The molecule has 0 atom stereocenters. The molecule has 1 aromatic carbocycles. The number of hydrogen-bond donors (Lipinski definition) is 3. The molecule has 3 aromatic heterocycles. The Morgan fingerprint density at radius 3 is 2.50 bits per heavy atom. The van der Waals surface area contributed by atoms with E-state index in [9.17, 15) is 5.11 Å². The molecule has 1 fully saturated rings. The molecule has 4 aromatic rings. The van der Waals surface area contributed by atoms with Crippen LogP contribution in [0.5, 0.6) is 0 Å². The van der Waals surface area contributed by atoms with E-state index in [4.69, 9.17) is 5.73 Å². The summed E-state index contributed by atoms with van der Waals surface area (Å²) in [4.78, 5) is 14.3. The molecule has 0 unspecified atom stereocenters. The third kappa shape index (κ3) is 2.82. The van der Waals surface area contributed by atoms with Crippen LogP contribution in [0.25, 0.3) is 33.1 Å². The van der Waals surface area contributed by atoms with Crippen molar-refractivity contribution in [2.75, 3.05) is 25.9 Å². The van der Waals surface area contributed by atoms with E-state index in [1.165, 1.54) is 0 Å². The first kappa shape index (κ1) is 17.2. The number of rotatable bonds is 2. The van der Waals surface area contributed by atoms with Gasteiger partial charge in [-0.15, -0.1) is 0 Å². The van der Waals surface area contributed by atoms with Gasteiger partial charge in [0.2, 0.25) is 0 Å². The van der Waals surface area contributed by atoms with Crippen LogP contribution in [0.4, 0.5) is 5.82 Å². The first-order valence-electron chi connectivity index (χ1n) is 9.57. The molecule has 0 spiro atoms. The van der Waals surface area contributed by atoms with E-state index in [2.05, 4.69) is 45.1 Å². The summed E-state index contributed by atoms with van der Waals surface area (Å²) >= 11 is 0. The second-order valence-electron chi connectivity index (χ2n) is 7.81. The number of aromatic amines is 1. The molecular weight excluding hydrogens is 350 g/mol. The maximum absolute atomic E-state index is 11.0. The van der Waals surface area contributed by atoms with Crippen molar-refractivity contribution >= 4 is 27.8 Å². The van der Waals surface area contributed by atoms with Crippen LogP contribution in [0, 0.1) is 0 Å². The zero-order chi connectivity index (χ0) is 19.3. The monoisotopic (exact) mass is 373 g/mol. The highest BCUT2D eigenvalue weighted by molar-refractivity contribution is 6.07. The van der Waals surface area contributed by atoms with Crippen molar-refractivity contribution in [1.29, 1.82) is 0 Å². The molecule has 1 aliphatic heterocycles. The topological polar surface area (TPSA) is 91.1 Å². The number of nitrogen functional groups attached to an aromatic ring is 1. The summed E-state index contributed by atoms with van der Waals surface area (Å²) in [5, 5.41) is 13.1. The van der Waals surface area contributed by atoms with Crippen molar-refractivity contribution in [3.63, 3.8) is 0 Å². The number of aromatic nitrogens is 3. The van der Waals surface area contributed by atoms with Gasteiger partial charge in [0.25, 0.3) is 0 Å². The number of hydrogen-bond acceptors (Lipinski definition) is 5. The van der Waals surface area contributed by atoms with Gasteiger partial charge in [-0.3, -0.25) is 0 Å². The lowest BCUT2D eigenvalue weighted by atomic mass is 9.84. The van der Waals surface area contributed by atoms with Gasteiger partial charge in [-0.2, -0.15) is 0 Å². The minimum Gasteiger partial charge on any atom is -0.385 e. The van der Waals surface area contributed by atoms with Crippen LogP contribution < -0.4 is 5.73 Å². The summed E-state index contributed by atoms with van der Waals surface area (Å²) in [6, 6.07) is 12.2. The number of benzene rings is 1. The lowest BCUT2D eigenvalue weighted by Gasteiger charge is -2.37. The first-order chi connectivity index (χ1) is 13.5. The van der Waals surface area contributed by atoms with E-state index in [1.807, 2.05) is 24.4 Å². The molecule has 6 nitrogen and oxygen atoms in total. The van der Waals surface area contributed by atoms with E-state index in [1.54, 1.807) is 6.20 Å². The highest BCUT2D eigenvalue weighted by Crippen LogP contribution is 2.34.